The van der Waals surface area contributed by atoms with E-state index in [0.717, 1.165) is 5.56 Å². The summed E-state index contributed by atoms with van der Waals surface area (Å²) in [5.74, 6) is -2.26. The van der Waals surface area contributed by atoms with Crippen molar-refractivity contribution in [2.75, 3.05) is 31.5 Å². The Kier molecular flexibility index (Phi) is 6.25. The van der Waals surface area contributed by atoms with Gasteiger partial charge in [-0.25, -0.2) is 8.78 Å². The van der Waals surface area contributed by atoms with Crippen molar-refractivity contribution < 1.29 is 8.78 Å². The van der Waals surface area contributed by atoms with Crippen molar-refractivity contribution in [2.45, 2.75) is 12.3 Å². The monoisotopic (exact) mass is 441 g/mol. The van der Waals surface area contributed by atoms with E-state index in [4.69, 9.17) is 17.0 Å². The van der Waals surface area contributed by atoms with Crippen LogP contribution < -0.4 is 5.32 Å². The molecule has 2 N–H and O–H groups in total. The number of halogens is 3. The van der Waals surface area contributed by atoms with Crippen LogP contribution in [0, 0.1) is 5.41 Å². The van der Waals surface area contributed by atoms with Gasteiger partial charge < -0.3 is 5.32 Å². The Balaban J connectivity index is 1.62. The summed E-state index contributed by atoms with van der Waals surface area (Å²) in [6.45, 7) is 0.954. The fourth-order valence-corrected chi connectivity index (χ4v) is 3.96. The molecule has 1 aliphatic heterocycles. The fourth-order valence-electron chi connectivity index (χ4n) is 3.63. The largest absolute Gasteiger partial charge is 0.367 e. The van der Waals surface area contributed by atoms with Crippen LogP contribution in [-0.4, -0.2) is 52.9 Å². The van der Waals surface area contributed by atoms with Gasteiger partial charge in [0.2, 0.25) is 0 Å². The molecular weight excluding hydrogens is 420 g/mol. The van der Waals surface area contributed by atoms with Gasteiger partial charge in [-0.05, 0) is 0 Å². The predicted molar refractivity (Wildman–Crippen MR) is 119 cm³/mol. The average Bonchev–Trinajstić information content (AvgIpc) is 3.13. The second kappa shape index (κ2) is 9.08. The summed E-state index contributed by atoms with van der Waals surface area (Å²) in [6, 6.07) is 18.7. The molecule has 0 bridgehead atoms. The first-order valence-electron chi connectivity index (χ1n) is 10.0. The minimum absolute atomic E-state index is 0.117. The Morgan fingerprint density at radius 2 is 1.74 bits per heavy atom. The van der Waals surface area contributed by atoms with Crippen LogP contribution in [0.4, 0.5) is 14.6 Å². The Morgan fingerprint density at radius 1 is 1.06 bits per heavy atom. The quantitative estimate of drug-likeness (QED) is 0.508. The lowest BCUT2D eigenvalue weighted by atomic mass is 10.0. The molecule has 1 aromatic heterocycles. The molecule has 160 valence electrons. The van der Waals surface area contributed by atoms with Crippen LogP contribution in [0.25, 0.3) is 11.3 Å². The molecule has 0 unspecified atom stereocenters. The van der Waals surface area contributed by atoms with Gasteiger partial charge in [0.25, 0.3) is 5.92 Å². The molecule has 0 radical (unpaired) electrons. The first-order valence-corrected chi connectivity index (χ1v) is 10.4. The molecule has 4 rings (SSSR count). The van der Waals surface area contributed by atoms with Crippen LogP contribution in [0.1, 0.15) is 17.5 Å². The van der Waals surface area contributed by atoms with Gasteiger partial charge in [0, 0.05) is 37.2 Å². The van der Waals surface area contributed by atoms with E-state index in [1.54, 1.807) is 4.90 Å². The second-order valence-electron chi connectivity index (χ2n) is 7.50. The molecular formula is C23H22ClF2N5. The number of aromatic nitrogens is 2. The lowest BCUT2D eigenvalue weighted by Crippen LogP contribution is -2.30. The number of anilines is 1. The summed E-state index contributed by atoms with van der Waals surface area (Å²) in [7, 11) is 0. The third-order valence-electron chi connectivity index (χ3n) is 5.24. The van der Waals surface area contributed by atoms with E-state index < -0.39 is 5.92 Å². The molecule has 1 saturated heterocycles. The number of hydrogen-bond acceptors (Lipinski definition) is 5. The summed E-state index contributed by atoms with van der Waals surface area (Å²) in [5, 5.41) is 20.8. The molecule has 0 saturated carbocycles. The van der Waals surface area contributed by atoms with Crippen LogP contribution in [-0.2, 0) is 0 Å². The van der Waals surface area contributed by atoms with Crippen LogP contribution in [0.2, 0.25) is 5.02 Å². The van der Waals surface area contributed by atoms with E-state index in [9.17, 15) is 8.78 Å². The van der Waals surface area contributed by atoms with Crippen molar-refractivity contribution in [1.82, 2.24) is 15.1 Å². The SMILES string of the molecule is N=C(c1ccccc1)c1c(NCCN2CCC(F)(F)C2)nnc(-c2ccccc2)c1Cl. The molecule has 0 amide bonds. The smallest absolute Gasteiger partial charge is 0.261 e. The molecule has 1 aliphatic rings. The van der Waals surface area contributed by atoms with Crippen LogP contribution in [0.3, 0.4) is 0 Å². The molecule has 2 heterocycles. The highest BCUT2D eigenvalue weighted by molar-refractivity contribution is 6.38. The Hall–Kier alpha value is -2.90. The number of rotatable bonds is 7. The lowest BCUT2D eigenvalue weighted by Gasteiger charge is -2.18. The minimum atomic E-state index is -2.62. The number of hydrogen-bond donors (Lipinski definition) is 2. The second-order valence-corrected chi connectivity index (χ2v) is 7.88. The topological polar surface area (TPSA) is 64.9 Å². The van der Waals surface area contributed by atoms with Gasteiger partial charge in [0.1, 0.15) is 5.69 Å². The lowest BCUT2D eigenvalue weighted by molar-refractivity contribution is 0.0126. The number of benzene rings is 2. The van der Waals surface area contributed by atoms with Gasteiger partial charge in [-0.15, -0.1) is 10.2 Å². The standard InChI is InChI=1S/C23H22ClF2N5/c24-19-18(20(27)16-7-3-1-4-8-16)22(28-12-14-31-13-11-23(25,26)15-31)30-29-21(19)17-9-5-2-6-10-17/h1-10,27H,11-15H2,(H,28,30). The zero-order chi connectivity index (χ0) is 21.8. The number of alkyl halides is 2. The maximum atomic E-state index is 13.4. The van der Waals surface area contributed by atoms with Gasteiger partial charge >= 0.3 is 0 Å². The fraction of sp³-hybridized carbons (Fsp3) is 0.261. The predicted octanol–water partition coefficient (Wildman–Crippen LogP) is 4.97. The van der Waals surface area contributed by atoms with Crippen LogP contribution in [0.15, 0.2) is 60.7 Å². The third kappa shape index (κ3) is 4.89. The maximum absolute atomic E-state index is 13.4. The highest BCUT2D eigenvalue weighted by atomic mass is 35.5. The van der Waals surface area contributed by atoms with Gasteiger partial charge in [-0.2, -0.15) is 0 Å². The first-order chi connectivity index (χ1) is 14.9. The number of nitrogens with zero attached hydrogens (tertiary/aromatic N) is 3. The van der Waals surface area contributed by atoms with Crippen molar-refractivity contribution in [3.8, 4) is 11.3 Å². The molecule has 3 aromatic rings. The summed E-state index contributed by atoms with van der Waals surface area (Å²) in [4.78, 5) is 1.71. The molecule has 0 spiro atoms. The Bertz CT molecular complexity index is 1060. The average molecular weight is 442 g/mol. The third-order valence-corrected chi connectivity index (χ3v) is 5.61. The van der Waals surface area contributed by atoms with E-state index in [-0.39, 0.29) is 18.7 Å². The van der Waals surface area contributed by atoms with E-state index in [1.807, 2.05) is 60.7 Å². The summed E-state index contributed by atoms with van der Waals surface area (Å²) >= 11 is 6.74. The zero-order valence-electron chi connectivity index (χ0n) is 16.8. The van der Waals surface area contributed by atoms with Gasteiger partial charge in [-0.1, -0.05) is 72.3 Å². The molecule has 1 fully saturated rings. The molecule has 8 heteroatoms. The van der Waals surface area contributed by atoms with Crippen molar-refractivity contribution in [3.63, 3.8) is 0 Å². The molecule has 0 aliphatic carbocycles. The van der Waals surface area contributed by atoms with E-state index >= 15 is 0 Å². The van der Waals surface area contributed by atoms with E-state index in [2.05, 4.69) is 15.5 Å². The van der Waals surface area contributed by atoms with Crippen molar-refractivity contribution in [2.24, 2.45) is 0 Å². The highest BCUT2D eigenvalue weighted by Gasteiger charge is 2.37. The van der Waals surface area contributed by atoms with Crippen LogP contribution >= 0.6 is 11.6 Å². The maximum Gasteiger partial charge on any atom is 0.261 e. The summed E-state index contributed by atoms with van der Waals surface area (Å²) in [5.41, 5.74) is 2.63. The van der Waals surface area contributed by atoms with Crippen LogP contribution in [0.5, 0.6) is 0 Å². The van der Waals surface area contributed by atoms with Crippen molar-refractivity contribution >= 4 is 23.1 Å². The first kappa shape index (κ1) is 21.3. The highest BCUT2D eigenvalue weighted by Crippen LogP contribution is 2.33. The minimum Gasteiger partial charge on any atom is -0.367 e. The number of likely N-dealkylation sites (tertiary alicyclic amines) is 1. The number of nitrogens with one attached hydrogen (secondary N) is 2. The molecule has 5 nitrogen and oxygen atoms in total. The zero-order valence-corrected chi connectivity index (χ0v) is 17.5. The Labute approximate surface area is 184 Å². The molecule has 31 heavy (non-hydrogen) atoms. The molecule has 0 atom stereocenters. The summed E-state index contributed by atoms with van der Waals surface area (Å²) < 4.78 is 26.9. The Morgan fingerprint density at radius 3 is 2.39 bits per heavy atom. The van der Waals surface area contributed by atoms with Crippen molar-refractivity contribution in [3.05, 3.63) is 76.8 Å². The van der Waals surface area contributed by atoms with Gasteiger partial charge in [0.05, 0.1) is 22.8 Å². The molecule has 2 aromatic carbocycles. The van der Waals surface area contributed by atoms with E-state index in [0.29, 0.717) is 47.3 Å². The van der Waals surface area contributed by atoms with Gasteiger partial charge in [-0.3, -0.25) is 10.3 Å². The van der Waals surface area contributed by atoms with E-state index in [1.165, 1.54) is 0 Å². The van der Waals surface area contributed by atoms with Crippen molar-refractivity contribution in [1.29, 1.82) is 5.41 Å². The normalized spacial score (nSPS) is 15.7. The van der Waals surface area contributed by atoms with Gasteiger partial charge in [0.15, 0.2) is 5.82 Å². The summed E-state index contributed by atoms with van der Waals surface area (Å²) in [6.07, 6.45) is -0.117.